The minimum Gasteiger partial charge on any atom is -0.397 e. The summed E-state index contributed by atoms with van der Waals surface area (Å²) in [5.41, 5.74) is 4.73. The van der Waals surface area contributed by atoms with Crippen LogP contribution in [0.25, 0.3) is 0 Å². The van der Waals surface area contributed by atoms with Crippen molar-refractivity contribution in [2.75, 3.05) is 10.5 Å². The molecule has 20 heavy (non-hydrogen) atoms. The highest BCUT2D eigenvalue weighted by molar-refractivity contribution is 7.91. The molecule has 1 heterocycles. The van der Waals surface area contributed by atoms with Gasteiger partial charge in [0.25, 0.3) is 0 Å². The maximum Gasteiger partial charge on any atom is 0.238 e. The van der Waals surface area contributed by atoms with Crippen LogP contribution in [-0.4, -0.2) is 13.6 Å². The summed E-state index contributed by atoms with van der Waals surface area (Å²) in [5, 5.41) is 3.51. The third-order valence-corrected chi connectivity index (χ3v) is 3.59. The van der Waals surface area contributed by atoms with Crippen LogP contribution in [0.4, 0.5) is 20.2 Å². The Kier molecular flexibility index (Phi) is 3.62. The molecule has 2 aromatic rings. The van der Waals surface area contributed by atoms with E-state index in [0.29, 0.717) is 5.76 Å². The molecular weight excluding hydrogens is 292 g/mol. The Morgan fingerprint density at radius 3 is 2.70 bits per heavy atom. The van der Waals surface area contributed by atoms with E-state index in [0.717, 1.165) is 12.1 Å². The Bertz CT molecular complexity index is 743. The number of nitrogens with zero attached hydrogens (tertiary/aromatic N) is 1. The molecule has 0 fully saturated rings. The molecule has 0 unspecified atom stereocenters. The lowest BCUT2D eigenvalue weighted by atomic mass is 10.2. The zero-order chi connectivity index (χ0) is 14.9. The third-order valence-electron chi connectivity index (χ3n) is 2.40. The van der Waals surface area contributed by atoms with Crippen molar-refractivity contribution in [3.8, 4) is 0 Å². The molecule has 0 bridgehead atoms. The topological polar surface area (TPSA) is 98.2 Å². The van der Waals surface area contributed by atoms with Gasteiger partial charge in [-0.05, 0) is 19.1 Å². The summed E-state index contributed by atoms with van der Waals surface area (Å²) in [6, 6.07) is 3.30. The average molecular weight is 303 g/mol. The van der Waals surface area contributed by atoms with Crippen LogP contribution in [0.1, 0.15) is 11.5 Å². The average Bonchev–Trinajstić information content (AvgIpc) is 2.74. The van der Waals surface area contributed by atoms with E-state index in [1.54, 1.807) is 6.92 Å². The first kappa shape index (κ1) is 14.3. The van der Waals surface area contributed by atoms with Crippen LogP contribution in [0.2, 0.25) is 0 Å². The molecule has 2 rings (SSSR count). The first-order valence-corrected chi connectivity index (χ1v) is 7.10. The summed E-state index contributed by atoms with van der Waals surface area (Å²) in [4.78, 5) is 0. The molecular formula is C11H11F2N3O3S. The second-order valence-electron chi connectivity index (χ2n) is 4.12. The summed E-state index contributed by atoms with van der Waals surface area (Å²) in [7, 11) is -4.00. The van der Waals surface area contributed by atoms with Crippen LogP contribution in [0, 0.1) is 18.6 Å². The summed E-state index contributed by atoms with van der Waals surface area (Å²) in [6.07, 6.45) is 0. The van der Waals surface area contributed by atoms with E-state index < -0.39 is 33.1 Å². The quantitative estimate of drug-likeness (QED) is 0.839. The van der Waals surface area contributed by atoms with Crippen LogP contribution in [-0.2, 0) is 15.8 Å². The number of nitrogens with one attached hydrogen (secondary N) is 1. The van der Waals surface area contributed by atoms with Crippen molar-refractivity contribution in [3.63, 3.8) is 0 Å². The molecule has 0 radical (unpaired) electrons. The molecule has 6 nitrogen and oxygen atoms in total. The Hall–Kier alpha value is -2.16. The largest absolute Gasteiger partial charge is 0.397 e. The number of hydrogen-bond donors (Lipinski definition) is 2. The summed E-state index contributed by atoms with van der Waals surface area (Å²) in [6.45, 7) is 1.60. The molecule has 0 spiro atoms. The number of anilines is 2. The predicted molar refractivity (Wildman–Crippen MR) is 68.3 cm³/mol. The Morgan fingerprint density at radius 1 is 1.40 bits per heavy atom. The number of halogens is 2. The third kappa shape index (κ3) is 3.05. The van der Waals surface area contributed by atoms with Crippen LogP contribution in [0.5, 0.6) is 0 Å². The van der Waals surface area contributed by atoms with Gasteiger partial charge in [0, 0.05) is 6.07 Å². The van der Waals surface area contributed by atoms with Gasteiger partial charge >= 0.3 is 0 Å². The van der Waals surface area contributed by atoms with Gasteiger partial charge < -0.3 is 10.3 Å². The summed E-state index contributed by atoms with van der Waals surface area (Å²) in [5.74, 6) is -2.66. The fourth-order valence-corrected chi connectivity index (χ4v) is 2.66. The van der Waals surface area contributed by atoms with E-state index in [1.807, 2.05) is 4.72 Å². The van der Waals surface area contributed by atoms with Gasteiger partial charge in [-0.3, -0.25) is 4.72 Å². The van der Waals surface area contributed by atoms with Gasteiger partial charge in [0.15, 0.2) is 11.6 Å². The van der Waals surface area contributed by atoms with Gasteiger partial charge in [0.1, 0.15) is 22.9 Å². The molecule has 0 amide bonds. The summed E-state index contributed by atoms with van der Waals surface area (Å²) >= 11 is 0. The lowest BCUT2D eigenvalue weighted by Gasteiger charge is -2.10. The maximum absolute atomic E-state index is 13.5. The predicted octanol–water partition coefficient (Wildman–Crippen LogP) is 1.79. The number of nitrogens with two attached hydrogens (primary N) is 1. The lowest BCUT2D eigenvalue weighted by Crippen LogP contribution is -2.17. The van der Waals surface area contributed by atoms with Gasteiger partial charge in [0.05, 0.1) is 5.69 Å². The second kappa shape index (κ2) is 5.08. The van der Waals surface area contributed by atoms with Crippen molar-refractivity contribution in [2.24, 2.45) is 0 Å². The number of hydrogen-bond acceptors (Lipinski definition) is 5. The van der Waals surface area contributed by atoms with Gasteiger partial charge in [-0.2, -0.15) is 0 Å². The highest BCUT2D eigenvalue weighted by Crippen LogP contribution is 2.26. The van der Waals surface area contributed by atoms with Crippen molar-refractivity contribution >= 4 is 21.4 Å². The van der Waals surface area contributed by atoms with Crippen LogP contribution < -0.4 is 10.5 Å². The van der Waals surface area contributed by atoms with E-state index in [2.05, 4.69) is 5.16 Å². The van der Waals surface area contributed by atoms with Crippen molar-refractivity contribution in [1.29, 1.82) is 0 Å². The molecule has 9 heteroatoms. The van der Waals surface area contributed by atoms with E-state index in [9.17, 15) is 17.2 Å². The number of aromatic nitrogens is 1. The normalized spacial score (nSPS) is 11.6. The zero-order valence-corrected chi connectivity index (χ0v) is 11.2. The van der Waals surface area contributed by atoms with Gasteiger partial charge in [-0.1, -0.05) is 5.16 Å². The van der Waals surface area contributed by atoms with E-state index in [1.165, 1.54) is 6.07 Å². The van der Waals surface area contributed by atoms with Crippen molar-refractivity contribution in [2.45, 2.75) is 12.7 Å². The Labute approximate surface area is 113 Å². The summed E-state index contributed by atoms with van der Waals surface area (Å²) < 4.78 is 56.9. The first-order chi connectivity index (χ1) is 9.28. The number of rotatable bonds is 4. The molecule has 0 atom stereocenters. The van der Waals surface area contributed by atoms with Crippen molar-refractivity contribution < 1.29 is 21.7 Å². The van der Waals surface area contributed by atoms with Gasteiger partial charge in [-0.15, -0.1) is 0 Å². The molecule has 0 saturated heterocycles. The fourth-order valence-electron chi connectivity index (χ4n) is 1.54. The first-order valence-electron chi connectivity index (χ1n) is 5.44. The highest BCUT2D eigenvalue weighted by atomic mass is 32.2. The maximum atomic E-state index is 13.5. The molecule has 0 aliphatic heterocycles. The van der Waals surface area contributed by atoms with Crippen molar-refractivity contribution in [1.82, 2.24) is 5.16 Å². The number of sulfonamides is 1. The standard InChI is InChI=1S/C11H11F2N3O3S/c1-6-4-7(15-19-6)5-20(17,18)16-11-9(14)3-2-8(12)10(11)13/h2-4,16H,5,14H2,1H3. The number of nitrogen functional groups attached to an aromatic ring is 1. The molecule has 0 saturated carbocycles. The molecule has 108 valence electrons. The minimum atomic E-state index is -4.00. The number of benzene rings is 1. The smallest absolute Gasteiger partial charge is 0.238 e. The SMILES string of the molecule is Cc1cc(CS(=O)(=O)Nc2c(N)ccc(F)c2F)no1. The number of aryl methyl sites for hydroxylation is 1. The van der Waals surface area contributed by atoms with Gasteiger partial charge in [0.2, 0.25) is 10.0 Å². The molecule has 0 aliphatic carbocycles. The van der Waals surface area contributed by atoms with E-state index >= 15 is 0 Å². The van der Waals surface area contributed by atoms with Crippen molar-refractivity contribution in [3.05, 3.63) is 41.3 Å². The monoisotopic (exact) mass is 303 g/mol. The van der Waals surface area contributed by atoms with Crippen LogP contribution >= 0.6 is 0 Å². The highest BCUT2D eigenvalue weighted by Gasteiger charge is 2.20. The van der Waals surface area contributed by atoms with Crippen LogP contribution in [0.3, 0.4) is 0 Å². The Morgan fingerprint density at radius 2 is 2.10 bits per heavy atom. The second-order valence-corrected chi connectivity index (χ2v) is 5.84. The molecule has 1 aromatic carbocycles. The van der Waals surface area contributed by atoms with Crippen LogP contribution in [0.15, 0.2) is 22.7 Å². The Balaban J connectivity index is 2.27. The molecule has 1 aromatic heterocycles. The van der Waals surface area contributed by atoms with E-state index in [-0.39, 0.29) is 11.4 Å². The lowest BCUT2D eigenvalue weighted by molar-refractivity contribution is 0.392. The van der Waals surface area contributed by atoms with Gasteiger partial charge in [-0.25, -0.2) is 17.2 Å². The minimum absolute atomic E-state index is 0.144. The zero-order valence-electron chi connectivity index (χ0n) is 10.4. The van der Waals surface area contributed by atoms with E-state index in [4.69, 9.17) is 10.3 Å². The molecule has 0 aliphatic rings. The fraction of sp³-hybridized carbons (Fsp3) is 0.182. The molecule has 3 N–H and O–H groups in total.